The highest BCUT2D eigenvalue weighted by Crippen LogP contribution is 2.28. The Bertz CT molecular complexity index is 347. The molecular weight excluding hydrogens is 260 g/mol. The molecule has 3 N–H and O–H groups in total. The van der Waals surface area contributed by atoms with Gasteiger partial charge in [-0.1, -0.05) is 19.3 Å². The van der Waals surface area contributed by atoms with Crippen molar-refractivity contribution in [3.05, 3.63) is 0 Å². The zero-order valence-electron chi connectivity index (χ0n) is 11.8. The Morgan fingerprint density at radius 3 is 2.55 bits per heavy atom. The van der Waals surface area contributed by atoms with Crippen molar-refractivity contribution in [3.8, 4) is 0 Å². The summed E-state index contributed by atoms with van der Waals surface area (Å²) in [6, 6.07) is -0.382. The zero-order chi connectivity index (χ0) is 14.4. The molecule has 2 rings (SSSR count). The second kappa shape index (κ2) is 6.92. The average Bonchev–Trinajstić information content (AvgIpc) is 2.93. The number of carboxylic acids is 1. The van der Waals surface area contributed by atoms with E-state index in [1.54, 1.807) is 0 Å². The highest BCUT2D eigenvalue weighted by atomic mass is 16.5. The summed E-state index contributed by atoms with van der Waals surface area (Å²) < 4.78 is 5.48. The molecule has 1 saturated carbocycles. The van der Waals surface area contributed by atoms with Gasteiger partial charge in [-0.25, -0.2) is 9.59 Å². The number of nitrogens with one attached hydrogen (secondary N) is 2. The first-order chi connectivity index (χ1) is 9.62. The summed E-state index contributed by atoms with van der Waals surface area (Å²) in [4.78, 5) is 23.3. The average molecular weight is 284 g/mol. The molecular formula is C14H24N2O4. The van der Waals surface area contributed by atoms with E-state index in [-0.39, 0.29) is 12.1 Å². The van der Waals surface area contributed by atoms with Gasteiger partial charge in [0.2, 0.25) is 0 Å². The standard InChI is InChI=1S/C14H24N2O4/c17-12(18)14(7-2-1-3-8-14)16-13(19)15-9-6-11-5-4-10-20-11/h11H,1-10H2,(H,17,18)(H2,15,16,19). The maximum Gasteiger partial charge on any atom is 0.329 e. The number of amides is 2. The summed E-state index contributed by atoms with van der Waals surface area (Å²) in [7, 11) is 0. The van der Waals surface area contributed by atoms with Crippen LogP contribution in [0.25, 0.3) is 0 Å². The van der Waals surface area contributed by atoms with E-state index in [0.29, 0.717) is 19.4 Å². The lowest BCUT2D eigenvalue weighted by molar-refractivity contribution is -0.145. The Kier molecular flexibility index (Phi) is 5.23. The summed E-state index contributed by atoms with van der Waals surface area (Å²) in [5.74, 6) is -0.925. The Morgan fingerprint density at radius 2 is 1.95 bits per heavy atom. The highest BCUT2D eigenvalue weighted by Gasteiger charge is 2.40. The van der Waals surface area contributed by atoms with E-state index in [2.05, 4.69) is 10.6 Å². The number of hydrogen-bond acceptors (Lipinski definition) is 3. The minimum Gasteiger partial charge on any atom is -0.480 e. The van der Waals surface area contributed by atoms with Crippen molar-refractivity contribution < 1.29 is 19.4 Å². The Balaban J connectivity index is 1.75. The number of hydrogen-bond donors (Lipinski definition) is 3. The first-order valence-electron chi connectivity index (χ1n) is 7.53. The third kappa shape index (κ3) is 3.85. The smallest absolute Gasteiger partial charge is 0.329 e. The van der Waals surface area contributed by atoms with Crippen LogP contribution in [0.4, 0.5) is 4.79 Å². The molecule has 0 aromatic carbocycles. The van der Waals surface area contributed by atoms with Crippen molar-refractivity contribution in [2.24, 2.45) is 0 Å². The van der Waals surface area contributed by atoms with E-state index < -0.39 is 11.5 Å². The summed E-state index contributed by atoms with van der Waals surface area (Å²) in [5, 5.41) is 14.8. The molecule has 1 aliphatic heterocycles. The van der Waals surface area contributed by atoms with Gasteiger partial charge < -0.3 is 20.5 Å². The predicted molar refractivity (Wildman–Crippen MR) is 73.6 cm³/mol. The van der Waals surface area contributed by atoms with Crippen LogP contribution in [0.1, 0.15) is 51.4 Å². The first kappa shape index (κ1) is 15.1. The fraction of sp³-hybridized carbons (Fsp3) is 0.857. The van der Waals surface area contributed by atoms with Gasteiger partial charge in [0, 0.05) is 13.2 Å². The van der Waals surface area contributed by atoms with Gasteiger partial charge in [-0.3, -0.25) is 0 Å². The van der Waals surface area contributed by atoms with Crippen LogP contribution in [0.2, 0.25) is 0 Å². The van der Waals surface area contributed by atoms with Gasteiger partial charge in [-0.05, 0) is 32.1 Å². The molecule has 1 atom stereocenters. The number of carbonyl (C=O) groups is 2. The lowest BCUT2D eigenvalue weighted by Crippen LogP contribution is -2.58. The van der Waals surface area contributed by atoms with E-state index >= 15 is 0 Å². The molecule has 0 radical (unpaired) electrons. The maximum atomic E-state index is 11.9. The van der Waals surface area contributed by atoms with E-state index in [1.165, 1.54) is 0 Å². The minimum absolute atomic E-state index is 0.235. The first-order valence-corrected chi connectivity index (χ1v) is 7.53. The van der Waals surface area contributed by atoms with Crippen LogP contribution in [0.5, 0.6) is 0 Å². The largest absolute Gasteiger partial charge is 0.480 e. The second-order valence-corrected chi connectivity index (χ2v) is 5.75. The van der Waals surface area contributed by atoms with Crippen LogP contribution in [-0.2, 0) is 9.53 Å². The van der Waals surface area contributed by atoms with Crippen molar-refractivity contribution >= 4 is 12.0 Å². The van der Waals surface area contributed by atoms with Crippen molar-refractivity contribution in [1.29, 1.82) is 0 Å². The van der Waals surface area contributed by atoms with Gasteiger partial charge in [0.05, 0.1) is 6.10 Å². The molecule has 1 unspecified atom stereocenters. The van der Waals surface area contributed by atoms with E-state index in [9.17, 15) is 14.7 Å². The van der Waals surface area contributed by atoms with Gasteiger partial charge in [0.15, 0.2) is 0 Å². The topological polar surface area (TPSA) is 87.7 Å². The van der Waals surface area contributed by atoms with Crippen LogP contribution < -0.4 is 10.6 Å². The zero-order valence-corrected chi connectivity index (χ0v) is 11.8. The second-order valence-electron chi connectivity index (χ2n) is 5.75. The van der Waals surface area contributed by atoms with Crippen LogP contribution in [-0.4, -0.2) is 41.9 Å². The summed E-state index contributed by atoms with van der Waals surface area (Å²) in [6.45, 7) is 1.32. The molecule has 6 heteroatoms. The molecule has 0 spiro atoms. The maximum absolute atomic E-state index is 11.9. The van der Waals surface area contributed by atoms with Crippen molar-refractivity contribution in [3.63, 3.8) is 0 Å². The molecule has 6 nitrogen and oxygen atoms in total. The van der Waals surface area contributed by atoms with E-state index in [1.807, 2.05) is 0 Å². The Hall–Kier alpha value is -1.30. The van der Waals surface area contributed by atoms with Gasteiger partial charge >= 0.3 is 12.0 Å². The summed E-state index contributed by atoms with van der Waals surface area (Å²) in [6.07, 6.45) is 6.92. The summed E-state index contributed by atoms with van der Waals surface area (Å²) in [5.41, 5.74) is -1.08. The molecule has 2 amide bonds. The number of aliphatic carboxylic acids is 1. The van der Waals surface area contributed by atoms with Crippen LogP contribution in [0.3, 0.4) is 0 Å². The number of carbonyl (C=O) groups excluding carboxylic acids is 1. The molecule has 20 heavy (non-hydrogen) atoms. The van der Waals surface area contributed by atoms with Crippen LogP contribution in [0, 0.1) is 0 Å². The Labute approximate surface area is 119 Å². The molecule has 0 aromatic rings. The fourth-order valence-corrected chi connectivity index (χ4v) is 3.03. The van der Waals surface area contributed by atoms with Gasteiger partial charge in [0.1, 0.15) is 5.54 Å². The quantitative estimate of drug-likeness (QED) is 0.716. The van der Waals surface area contributed by atoms with Gasteiger partial charge in [-0.15, -0.1) is 0 Å². The number of urea groups is 1. The molecule has 1 heterocycles. The third-order valence-corrected chi connectivity index (χ3v) is 4.25. The molecule has 1 saturated heterocycles. The molecule has 0 bridgehead atoms. The van der Waals surface area contributed by atoms with Gasteiger partial charge in [-0.2, -0.15) is 0 Å². The lowest BCUT2D eigenvalue weighted by Gasteiger charge is -2.33. The van der Waals surface area contributed by atoms with E-state index in [0.717, 1.165) is 45.1 Å². The number of ether oxygens (including phenoxy) is 1. The molecule has 2 aliphatic rings. The third-order valence-electron chi connectivity index (χ3n) is 4.25. The van der Waals surface area contributed by atoms with Gasteiger partial charge in [0.25, 0.3) is 0 Å². The lowest BCUT2D eigenvalue weighted by atomic mass is 9.82. The molecule has 1 aliphatic carbocycles. The van der Waals surface area contributed by atoms with Crippen molar-refractivity contribution in [2.45, 2.75) is 63.0 Å². The summed E-state index contributed by atoms with van der Waals surface area (Å²) >= 11 is 0. The molecule has 0 aromatic heterocycles. The highest BCUT2D eigenvalue weighted by molar-refractivity contribution is 5.86. The number of carboxylic acid groups (broad SMARTS) is 1. The van der Waals surface area contributed by atoms with Crippen molar-refractivity contribution in [2.75, 3.05) is 13.2 Å². The molecule has 2 fully saturated rings. The fourth-order valence-electron chi connectivity index (χ4n) is 3.03. The monoisotopic (exact) mass is 284 g/mol. The molecule has 114 valence electrons. The van der Waals surface area contributed by atoms with Crippen LogP contribution >= 0.6 is 0 Å². The normalized spacial score (nSPS) is 25.1. The minimum atomic E-state index is -1.08. The SMILES string of the molecule is O=C(NCCC1CCCO1)NC1(C(=O)O)CCCCC1. The Morgan fingerprint density at radius 1 is 1.20 bits per heavy atom. The van der Waals surface area contributed by atoms with E-state index in [4.69, 9.17) is 4.74 Å². The number of rotatable bonds is 5. The van der Waals surface area contributed by atoms with Crippen molar-refractivity contribution in [1.82, 2.24) is 10.6 Å². The predicted octanol–water partition coefficient (Wildman–Crippen LogP) is 1.64. The van der Waals surface area contributed by atoms with Crippen LogP contribution in [0.15, 0.2) is 0 Å².